The van der Waals surface area contributed by atoms with Crippen molar-refractivity contribution >= 4 is 61.5 Å². The maximum atomic E-state index is 12.1. The van der Waals surface area contributed by atoms with Crippen molar-refractivity contribution in [2.75, 3.05) is 5.32 Å². The molecule has 0 unspecified atom stereocenters. The molecule has 0 spiro atoms. The number of nitrogens with one attached hydrogen (secondary N) is 2. The molecule has 1 aromatic heterocycles. The van der Waals surface area contributed by atoms with Crippen LogP contribution in [-0.2, 0) is 0 Å². The maximum absolute atomic E-state index is 12.1. The number of thiocarbonyl (C=S) groups is 1. The summed E-state index contributed by atoms with van der Waals surface area (Å²) >= 11 is 12.5. The average molecular weight is 376 g/mol. The van der Waals surface area contributed by atoms with Gasteiger partial charge >= 0.3 is 0 Å². The third-order valence-corrected chi connectivity index (χ3v) is 5.06. The van der Waals surface area contributed by atoms with Gasteiger partial charge in [0, 0.05) is 10.6 Å². The Hall–Kier alpha value is -2.02. The van der Waals surface area contributed by atoms with Gasteiger partial charge in [-0.3, -0.25) is 10.1 Å². The van der Waals surface area contributed by atoms with E-state index in [0.717, 1.165) is 21.3 Å². The molecule has 0 radical (unpaired) electrons. The predicted octanol–water partition coefficient (Wildman–Crippen LogP) is 4.69. The van der Waals surface area contributed by atoms with Crippen molar-refractivity contribution in [3.63, 3.8) is 0 Å². The van der Waals surface area contributed by atoms with Crippen LogP contribution in [0.25, 0.3) is 10.2 Å². The molecule has 0 aliphatic carbocycles. The second-order valence-corrected chi connectivity index (χ2v) is 7.16. The molecule has 3 rings (SSSR count). The van der Waals surface area contributed by atoms with Gasteiger partial charge in [-0.1, -0.05) is 35.1 Å². The third-order valence-electron chi connectivity index (χ3n) is 3.50. The first-order chi connectivity index (χ1) is 11.4. The number of carbonyl (C=O) groups excluding carboxylic acids is 1. The number of fused-ring (bicyclic) bond motifs is 1. The zero-order chi connectivity index (χ0) is 17.3. The second-order valence-electron chi connectivity index (χ2n) is 5.31. The summed E-state index contributed by atoms with van der Waals surface area (Å²) in [6.07, 6.45) is 0. The van der Waals surface area contributed by atoms with Crippen molar-refractivity contribution in [1.82, 2.24) is 10.3 Å². The number of benzene rings is 2. The zero-order valence-corrected chi connectivity index (χ0v) is 15.4. The average Bonchev–Trinajstić information content (AvgIpc) is 2.96. The van der Waals surface area contributed by atoms with Gasteiger partial charge in [-0.05, 0) is 61.5 Å². The van der Waals surface area contributed by atoms with Crippen LogP contribution in [0.15, 0.2) is 36.4 Å². The number of nitrogens with zero attached hydrogens (tertiary/aromatic N) is 1. The lowest BCUT2D eigenvalue weighted by atomic mass is 10.1. The minimum atomic E-state index is -0.294. The Bertz CT molecular complexity index is 896. The van der Waals surface area contributed by atoms with Crippen LogP contribution in [0.4, 0.5) is 5.13 Å². The Balaban J connectivity index is 1.73. The van der Waals surface area contributed by atoms with E-state index in [0.29, 0.717) is 15.7 Å². The van der Waals surface area contributed by atoms with Crippen LogP contribution in [0.1, 0.15) is 21.5 Å². The van der Waals surface area contributed by atoms with Crippen molar-refractivity contribution in [3.05, 3.63) is 58.1 Å². The summed E-state index contributed by atoms with van der Waals surface area (Å²) in [5.41, 5.74) is 3.71. The Morgan fingerprint density at radius 3 is 2.46 bits per heavy atom. The van der Waals surface area contributed by atoms with Crippen LogP contribution in [0.3, 0.4) is 0 Å². The molecule has 0 fully saturated rings. The molecule has 1 heterocycles. The number of rotatable bonds is 2. The number of aromatic nitrogens is 1. The molecule has 24 heavy (non-hydrogen) atoms. The highest BCUT2D eigenvalue weighted by Gasteiger charge is 2.12. The summed E-state index contributed by atoms with van der Waals surface area (Å²) in [5, 5.41) is 7.07. The molecule has 0 saturated heterocycles. The quantitative estimate of drug-likeness (QED) is 0.638. The van der Waals surface area contributed by atoms with Gasteiger partial charge in [-0.25, -0.2) is 4.98 Å². The molecular formula is C17H14ClN3OS2. The molecule has 122 valence electrons. The van der Waals surface area contributed by atoms with E-state index in [1.807, 2.05) is 19.9 Å². The first-order valence-corrected chi connectivity index (χ1v) is 8.79. The van der Waals surface area contributed by atoms with Crippen molar-refractivity contribution in [2.24, 2.45) is 0 Å². The highest BCUT2D eigenvalue weighted by molar-refractivity contribution is 7.80. The highest BCUT2D eigenvalue weighted by atomic mass is 35.5. The van der Waals surface area contributed by atoms with E-state index in [2.05, 4.69) is 21.7 Å². The minimum absolute atomic E-state index is 0.212. The van der Waals surface area contributed by atoms with Crippen molar-refractivity contribution in [1.29, 1.82) is 0 Å². The Labute approximate surface area is 153 Å². The first kappa shape index (κ1) is 16.8. The van der Waals surface area contributed by atoms with Gasteiger partial charge in [0.2, 0.25) is 0 Å². The number of amides is 1. The molecule has 4 nitrogen and oxygen atoms in total. The maximum Gasteiger partial charge on any atom is 0.257 e. The number of hydrogen-bond donors (Lipinski definition) is 2. The van der Waals surface area contributed by atoms with E-state index in [4.69, 9.17) is 23.8 Å². The summed E-state index contributed by atoms with van der Waals surface area (Å²) in [6, 6.07) is 10.7. The van der Waals surface area contributed by atoms with E-state index in [1.165, 1.54) is 11.3 Å². The molecule has 0 bridgehead atoms. The summed E-state index contributed by atoms with van der Waals surface area (Å²) in [6.45, 7) is 4.07. The van der Waals surface area contributed by atoms with E-state index in [-0.39, 0.29) is 11.0 Å². The van der Waals surface area contributed by atoms with E-state index < -0.39 is 0 Å². The smallest absolute Gasteiger partial charge is 0.257 e. The SMILES string of the molecule is Cc1ccc(C)c2sc(NC(=S)NC(=O)c3ccc(Cl)cc3)nc12. The standard InChI is InChI=1S/C17H14ClN3OS2/c1-9-3-4-10(2)14-13(9)19-17(24-14)21-16(23)20-15(22)11-5-7-12(18)8-6-11/h3-8H,1-2H3,(H2,19,20,21,22,23). The van der Waals surface area contributed by atoms with Gasteiger partial charge in [0.1, 0.15) is 0 Å². The molecule has 7 heteroatoms. The van der Waals surface area contributed by atoms with Crippen LogP contribution >= 0.6 is 35.2 Å². The number of halogens is 1. The van der Waals surface area contributed by atoms with E-state index in [1.54, 1.807) is 24.3 Å². The lowest BCUT2D eigenvalue weighted by molar-refractivity contribution is 0.0978. The van der Waals surface area contributed by atoms with Crippen molar-refractivity contribution in [3.8, 4) is 0 Å². The number of aryl methyl sites for hydroxylation is 2. The fourth-order valence-corrected chi connectivity index (χ4v) is 3.61. The zero-order valence-electron chi connectivity index (χ0n) is 13.0. The fraction of sp³-hybridized carbons (Fsp3) is 0.118. The topological polar surface area (TPSA) is 54.0 Å². The van der Waals surface area contributed by atoms with Crippen molar-refractivity contribution in [2.45, 2.75) is 13.8 Å². The van der Waals surface area contributed by atoms with Gasteiger partial charge in [-0.15, -0.1) is 0 Å². The number of carbonyl (C=O) groups is 1. The lowest BCUT2D eigenvalue weighted by Gasteiger charge is -2.07. The summed E-state index contributed by atoms with van der Waals surface area (Å²) < 4.78 is 1.12. The number of hydrogen-bond acceptors (Lipinski definition) is 4. The third kappa shape index (κ3) is 3.56. The summed E-state index contributed by atoms with van der Waals surface area (Å²) in [4.78, 5) is 16.7. The Morgan fingerprint density at radius 1 is 1.12 bits per heavy atom. The second kappa shape index (κ2) is 6.84. The van der Waals surface area contributed by atoms with E-state index in [9.17, 15) is 4.79 Å². The molecule has 2 aromatic carbocycles. The lowest BCUT2D eigenvalue weighted by Crippen LogP contribution is -2.34. The number of thiazole rings is 1. The normalized spacial score (nSPS) is 10.6. The monoisotopic (exact) mass is 375 g/mol. The van der Waals surface area contributed by atoms with E-state index >= 15 is 0 Å². The largest absolute Gasteiger partial charge is 0.308 e. The Morgan fingerprint density at radius 2 is 1.79 bits per heavy atom. The highest BCUT2D eigenvalue weighted by Crippen LogP contribution is 2.30. The minimum Gasteiger partial charge on any atom is -0.308 e. The van der Waals surface area contributed by atoms with Gasteiger partial charge in [0.05, 0.1) is 10.2 Å². The number of anilines is 1. The molecule has 0 atom stereocenters. The van der Waals surface area contributed by atoms with Crippen LogP contribution < -0.4 is 10.6 Å². The van der Waals surface area contributed by atoms with Gasteiger partial charge < -0.3 is 5.32 Å². The first-order valence-electron chi connectivity index (χ1n) is 7.18. The fourth-order valence-electron chi connectivity index (χ4n) is 2.22. The van der Waals surface area contributed by atoms with Crippen LogP contribution in [0, 0.1) is 13.8 Å². The van der Waals surface area contributed by atoms with Crippen LogP contribution in [0.5, 0.6) is 0 Å². The van der Waals surface area contributed by atoms with Gasteiger partial charge in [-0.2, -0.15) is 0 Å². The van der Waals surface area contributed by atoms with Crippen LogP contribution in [-0.4, -0.2) is 16.0 Å². The summed E-state index contributed by atoms with van der Waals surface area (Å²) in [5.74, 6) is -0.294. The van der Waals surface area contributed by atoms with Crippen LogP contribution in [0.2, 0.25) is 5.02 Å². The van der Waals surface area contributed by atoms with Gasteiger partial charge in [0.15, 0.2) is 10.2 Å². The summed E-state index contributed by atoms with van der Waals surface area (Å²) in [7, 11) is 0. The van der Waals surface area contributed by atoms with Gasteiger partial charge in [0.25, 0.3) is 5.91 Å². The molecule has 1 amide bonds. The molecule has 0 saturated carbocycles. The predicted molar refractivity (Wildman–Crippen MR) is 104 cm³/mol. The molecule has 2 N–H and O–H groups in total. The van der Waals surface area contributed by atoms with Crippen molar-refractivity contribution < 1.29 is 4.79 Å². The molecule has 3 aromatic rings. The molecule has 0 aliphatic rings. The molecular weight excluding hydrogens is 362 g/mol. The Kier molecular flexibility index (Phi) is 4.80. The molecule has 0 aliphatic heterocycles.